The van der Waals surface area contributed by atoms with E-state index in [1.54, 1.807) is 5.38 Å². The van der Waals surface area contributed by atoms with E-state index in [1.165, 1.54) is 23.5 Å². The Morgan fingerprint density at radius 1 is 1.25 bits per heavy atom. The standard InChI is InChI=1S/C11H8ClF2NS/c1-5-7(4-16-11(5)15)6-2-8(13)10(12)9(14)3-6/h2-4H,15H2,1H3. The molecule has 0 aliphatic rings. The van der Waals surface area contributed by atoms with Gasteiger partial charge in [0.1, 0.15) is 16.7 Å². The van der Waals surface area contributed by atoms with Crippen LogP contribution in [-0.4, -0.2) is 0 Å². The molecule has 16 heavy (non-hydrogen) atoms. The maximum atomic E-state index is 13.3. The summed E-state index contributed by atoms with van der Waals surface area (Å²) < 4.78 is 26.5. The van der Waals surface area contributed by atoms with Crippen LogP contribution in [0.3, 0.4) is 0 Å². The number of halogens is 3. The topological polar surface area (TPSA) is 26.0 Å². The van der Waals surface area contributed by atoms with Crippen molar-refractivity contribution < 1.29 is 8.78 Å². The van der Waals surface area contributed by atoms with E-state index in [9.17, 15) is 8.78 Å². The minimum atomic E-state index is -0.763. The van der Waals surface area contributed by atoms with Crippen LogP contribution in [0.4, 0.5) is 13.8 Å². The van der Waals surface area contributed by atoms with Gasteiger partial charge in [0.15, 0.2) is 0 Å². The molecule has 1 aromatic carbocycles. The summed E-state index contributed by atoms with van der Waals surface area (Å²) in [6, 6.07) is 2.42. The third-order valence-corrected chi connectivity index (χ3v) is 3.65. The maximum Gasteiger partial charge on any atom is 0.145 e. The third kappa shape index (κ3) is 1.79. The third-order valence-electron chi connectivity index (χ3n) is 2.37. The van der Waals surface area contributed by atoms with Gasteiger partial charge in [-0.15, -0.1) is 11.3 Å². The molecule has 1 aromatic heterocycles. The first-order valence-electron chi connectivity index (χ1n) is 4.49. The van der Waals surface area contributed by atoms with E-state index in [4.69, 9.17) is 17.3 Å². The van der Waals surface area contributed by atoms with E-state index in [0.29, 0.717) is 10.6 Å². The summed E-state index contributed by atoms with van der Waals surface area (Å²) in [6.45, 7) is 1.81. The summed E-state index contributed by atoms with van der Waals surface area (Å²) >= 11 is 6.75. The summed E-state index contributed by atoms with van der Waals surface area (Å²) in [5.74, 6) is -1.53. The van der Waals surface area contributed by atoms with Gasteiger partial charge in [0, 0.05) is 5.38 Å². The number of anilines is 1. The van der Waals surface area contributed by atoms with E-state index in [2.05, 4.69) is 0 Å². The minimum Gasteiger partial charge on any atom is -0.390 e. The number of nitrogen functional groups attached to an aromatic ring is 1. The van der Waals surface area contributed by atoms with Crippen molar-refractivity contribution >= 4 is 27.9 Å². The van der Waals surface area contributed by atoms with Crippen molar-refractivity contribution in [2.75, 3.05) is 5.73 Å². The number of benzene rings is 1. The molecular weight excluding hydrogens is 252 g/mol. The molecule has 0 bridgehead atoms. The van der Waals surface area contributed by atoms with Crippen LogP contribution in [0.5, 0.6) is 0 Å². The zero-order chi connectivity index (χ0) is 11.9. The number of thiophene rings is 1. The second-order valence-corrected chi connectivity index (χ2v) is 4.68. The van der Waals surface area contributed by atoms with Gasteiger partial charge in [-0.3, -0.25) is 0 Å². The van der Waals surface area contributed by atoms with Crippen LogP contribution in [0.2, 0.25) is 5.02 Å². The molecule has 0 radical (unpaired) electrons. The number of rotatable bonds is 1. The molecule has 0 aliphatic carbocycles. The zero-order valence-corrected chi connectivity index (χ0v) is 9.92. The molecule has 0 atom stereocenters. The molecule has 1 nitrogen and oxygen atoms in total. The average Bonchev–Trinajstić information content (AvgIpc) is 2.56. The smallest absolute Gasteiger partial charge is 0.145 e. The fourth-order valence-electron chi connectivity index (χ4n) is 1.43. The van der Waals surface area contributed by atoms with E-state index < -0.39 is 16.7 Å². The van der Waals surface area contributed by atoms with Crippen LogP contribution < -0.4 is 5.73 Å². The van der Waals surface area contributed by atoms with Crippen molar-refractivity contribution in [1.82, 2.24) is 0 Å². The molecule has 2 rings (SSSR count). The summed E-state index contributed by atoms with van der Waals surface area (Å²) in [6.07, 6.45) is 0. The number of hydrogen-bond acceptors (Lipinski definition) is 2. The van der Waals surface area contributed by atoms with Gasteiger partial charge >= 0.3 is 0 Å². The molecule has 0 spiro atoms. The quantitative estimate of drug-likeness (QED) is 0.762. The molecule has 0 aliphatic heterocycles. The maximum absolute atomic E-state index is 13.3. The van der Waals surface area contributed by atoms with E-state index in [0.717, 1.165) is 11.1 Å². The Morgan fingerprint density at radius 3 is 2.25 bits per heavy atom. The second kappa shape index (κ2) is 4.03. The van der Waals surface area contributed by atoms with Crippen LogP contribution in [0.25, 0.3) is 11.1 Å². The second-order valence-electron chi connectivity index (χ2n) is 3.39. The molecule has 0 amide bonds. The largest absolute Gasteiger partial charge is 0.390 e. The van der Waals surface area contributed by atoms with Gasteiger partial charge in [-0.2, -0.15) is 0 Å². The van der Waals surface area contributed by atoms with Crippen molar-refractivity contribution in [2.24, 2.45) is 0 Å². The number of nitrogens with two attached hydrogens (primary N) is 1. The molecular formula is C11H8ClF2NS. The molecule has 0 fully saturated rings. The molecule has 84 valence electrons. The van der Waals surface area contributed by atoms with Gasteiger partial charge < -0.3 is 5.73 Å². The Morgan fingerprint density at radius 2 is 1.81 bits per heavy atom. The van der Waals surface area contributed by atoms with Gasteiger partial charge in [-0.1, -0.05) is 11.6 Å². The molecule has 5 heteroatoms. The van der Waals surface area contributed by atoms with Gasteiger partial charge in [-0.25, -0.2) is 8.78 Å². The van der Waals surface area contributed by atoms with Crippen molar-refractivity contribution in [3.8, 4) is 11.1 Å². The highest BCUT2D eigenvalue weighted by Crippen LogP contribution is 2.34. The predicted octanol–water partition coefficient (Wildman–Crippen LogP) is 4.24. The van der Waals surface area contributed by atoms with Gasteiger partial charge in [0.2, 0.25) is 0 Å². The monoisotopic (exact) mass is 259 g/mol. The highest BCUT2D eigenvalue weighted by Gasteiger charge is 2.13. The summed E-state index contributed by atoms with van der Waals surface area (Å²) in [7, 11) is 0. The van der Waals surface area contributed by atoms with E-state index in [-0.39, 0.29) is 0 Å². The number of hydrogen-bond donors (Lipinski definition) is 1. The summed E-state index contributed by atoms with van der Waals surface area (Å²) in [4.78, 5) is 0. The fourth-order valence-corrected chi connectivity index (χ4v) is 2.38. The van der Waals surface area contributed by atoms with E-state index >= 15 is 0 Å². The Bertz CT molecular complexity index is 528. The molecule has 0 saturated heterocycles. The van der Waals surface area contributed by atoms with Crippen molar-refractivity contribution in [2.45, 2.75) is 6.92 Å². The lowest BCUT2D eigenvalue weighted by Gasteiger charge is -2.03. The molecule has 0 unspecified atom stereocenters. The highest BCUT2D eigenvalue weighted by molar-refractivity contribution is 7.14. The van der Waals surface area contributed by atoms with Gasteiger partial charge in [-0.05, 0) is 35.7 Å². The van der Waals surface area contributed by atoms with Gasteiger partial charge in [0.25, 0.3) is 0 Å². The Hall–Kier alpha value is -1.13. The highest BCUT2D eigenvalue weighted by atomic mass is 35.5. The molecule has 2 N–H and O–H groups in total. The van der Waals surface area contributed by atoms with Crippen LogP contribution in [0.15, 0.2) is 17.5 Å². The Balaban J connectivity index is 2.61. The molecule has 1 heterocycles. The van der Waals surface area contributed by atoms with Crippen LogP contribution in [0, 0.1) is 18.6 Å². The Labute approximate surface area is 100 Å². The lowest BCUT2D eigenvalue weighted by molar-refractivity contribution is 0.585. The SMILES string of the molecule is Cc1c(-c2cc(F)c(Cl)c(F)c2)csc1N. The lowest BCUT2D eigenvalue weighted by atomic mass is 10.0. The van der Waals surface area contributed by atoms with Crippen LogP contribution >= 0.6 is 22.9 Å². The Kier molecular flexibility index (Phi) is 2.86. The zero-order valence-electron chi connectivity index (χ0n) is 8.35. The van der Waals surface area contributed by atoms with Crippen LogP contribution in [-0.2, 0) is 0 Å². The normalized spacial score (nSPS) is 10.8. The first kappa shape index (κ1) is 11.4. The average molecular weight is 260 g/mol. The van der Waals surface area contributed by atoms with E-state index in [1.807, 2.05) is 6.92 Å². The predicted molar refractivity (Wildman–Crippen MR) is 63.8 cm³/mol. The molecule has 2 aromatic rings. The van der Waals surface area contributed by atoms with Crippen molar-refractivity contribution in [3.05, 3.63) is 39.7 Å². The minimum absolute atomic E-state index is 0.449. The summed E-state index contributed by atoms with van der Waals surface area (Å²) in [5, 5.41) is 1.93. The summed E-state index contributed by atoms with van der Waals surface area (Å²) in [5.41, 5.74) is 7.70. The fraction of sp³-hybridized carbons (Fsp3) is 0.0909. The first-order valence-corrected chi connectivity index (χ1v) is 5.75. The van der Waals surface area contributed by atoms with Crippen molar-refractivity contribution in [3.63, 3.8) is 0 Å². The molecule has 0 saturated carbocycles. The van der Waals surface area contributed by atoms with Crippen LogP contribution in [0.1, 0.15) is 5.56 Å². The lowest BCUT2D eigenvalue weighted by Crippen LogP contribution is -1.88. The first-order chi connectivity index (χ1) is 7.50. The van der Waals surface area contributed by atoms with Crippen molar-refractivity contribution in [1.29, 1.82) is 0 Å². The van der Waals surface area contributed by atoms with Gasteiger partial charge in [0.05, 0.1) is 5.00 Å².